The molecule has 0 radical (unpaired) electrons. The summed E-state index contributed by atoms with van der Waals surface area (Å²) in [6.45, 7) is 9.94. The van der Waals surface area contributed by atoms with Crippen LogP contribution in [0, 0.1) is 0 Å². The second-order valence-electron chi connectivity index (χ2n) is 5.46. The quantitative estimate of drug-likeness (QED) is 0.736. The van der Waals surface area contributed by atoms with Gasteiger partial charge >= 0.3 is 0 Å². The van der Waals surface area contributed by atoms with Gasteiger partial charge in [0.25, 0.3) is 0 Å². The highest BCUT2D eigenvalue weighted by Gasteiger charge is 2.31. The van der Waals surface area contributed by atoms with Gasteiger partial charge in [0.1, 0.15) is 0 Å². The molecule has 0 saturated carbocycles. The fraction of sp³-hybridized carbons (Fsp3) is 0.562. The fourth-order valence-electron chi connectivity index (χ4n) is 1.97. The number of carbonyl (C=O) groups excluding carboxylic acids is 1. The molecule has 0 amide bonds. The molecular formula is C16H26N2O. The van der Waals surface area contributed by atoms with E-state index in [2.05, 4.69) is 23.6 Å². The molecule has 106 valence electrons. The van der Waals surface area contributed by atoms with Crippen LogP contribution in [-0.4, -0.2) is 43.4 Å². The van der Waals surface area contributed by atoms with Gasteiger partial charge in [-0.1, -0.05) is 6.92 Å². The molecule has 1 aromatic carbocycles. The Hall–Kier alpha value is -1.35. The molecule has 0 aromatic heterocycles. The van der Waals surface area contributed by atoms with Gasteiger partial charge < -0.3 is 4.90 Å². The zero-order valence-corrected chi connectivity index (χ0v) is 13.0. The van der Waals surface area contributed by atoms with Crippen LogP contribution in [-0.2, 0) is 0 Å². The minimum Gasteiger partial charge on any atom is -0.375 e. The lowest BCUT2D eigenvalue weighted by Crippen LogP contribution is -2.47. The van der Waals surface area contributed by atoms with Crippen molar-refractivity contribution >= 4 is 11.5 Å². The Morgan fingerprint density at radius 2 is 1.58 bits per heavy atom. The second kappa shape index (κ2) is 6.20. The van der Waals surface area contributed by atoms with E-state index < -0.39 is 5.54 Å². The van der Waals surface area contributed by atoms with Crippen LogP contribution >= 0.6 is 0 Å². The van der Waals surface area contributed by atoms with Crippen LogP contribution in [0.5, 0.6) is 0 Å². The fourth-order valence-corrected chi connectivity index (χ4v) is 1.97. The summed E-state index contributed by atoms with van der Waals surface area (Å²) < 4.78 is 0. The Labute approximate surface area is 117 Å². The van der Waals surface area contributed by atoms with Gasteiger partial charge in [-0.25, -0.2) is 0 Å². The molecule has 0 fully saturated rings. The van der Waals surface area contributed by atoms with E-state index in [-0.39, 0.29) is 5.78 Å². The topological polar surface area (TPSA) is 23.6 Å². The number of rotatable bonds is 6. The van der Waals surface area contributed by atoms with Gasteiger partial charge in [0.15, 0.2) is 5.78 Å². The highest BCUT2D eigenvalue weighted by Crippen LogP contribution is 2.21. The maximum Gasteiger partial charge on any atom is 0.182 e. The summed E-state index contributed by atoms with van der Waals surface area (Å²) in [7, 11) is 4.03. The van der Waals surface area contributed by atoms with Crippen molar-refractivity contribution < 1.29 is 4.79 Å². The molecule has 0 spiro atoms. The van der Waals surface area contributed by atoms with Crippen LogP contribution in [0.15, 0.2) is 24.3 Å². The highest BCUT2D eigenvalue weighted by atomic mass is 16.1. The van der Waals surface area contributed by atoms with Gasteiger partial charge in [-0.3, -0.25) is 9.69 Å². The van der Waals surface area contributed by atoms with Crippen LogP contribution in [0.1, 0.15) is 38.1 Å². The van der Waals surface area contributed by atoms with Crippen molar-refractivity contribution in [2.45, 2.75) is 33.2 Å². The Kier molecular flexibility index (Phi) is 5.12. The van der Waals surface area contributed by atoms with Gasteiger partial charge in [-0.15, -0.1) is 0 Å². The minimum absolute atomic E-state index is 0.169. The van der Waals surface area contributed by atoms with E-state index in [1.54, 1.807) is 0 Å². The predicted molar refractivity (Wildman–Crippen MR) is 82.1 cm³/mol. The molecule has 0 aliphatic rings. The average molecular weight is 262 g/mol. The Balaban J connectivity index is 2.95. The lowest BCUT2D eigenvalue weighted by atomic mass is 9.91. The molecule has 3 heteroatoms. The first kappa shape index (κ1) is 15.7. The number of likely N-dealkylation sites (N-methyl/N-ethyl adjacent to an activating group) is 1. The number of hydrogen-bond acceptors (Lipinski definition) is 3. The van der Waals surface area contributed by atoms with E-state index in [4.69, 9.17) is 0 Å². The molecule has 19 heavy (non-hydrogen) atoms. The number of anilines is 1. The SMILES string of the molecule is CCN(C)c1ccc(C(=O)C(C)(C)N(C)CC)cc1. The summed E-state index contributed by atoms with van der Waals surface area (Å²) in [5.41, 5.74) is 1.45. The first-order chi connectivity index (χ1) is 8.84. The normalized spacial score (nSPS) is 11.7. The number of nitrogens with zero attached hydrogens (tertiary/aromatic N) is 2. The number of hydrogen-bond donors (Lipinski definition) is 0. The van der Waals surface area contributed by atoms with E-state index in [1.165, 1.54) is 0 Å². The van der Waals surface area contributed by atoms with Crippen molar-refractivity contribution in [1.82, 2.24) is 4.90 Å². The standard InChI is InChI=1S/C16H26N2O/c1-7-17(5)14-11-9-13(10-12-14)15(19)16(3,4)18(6)8-2/h9-12H,7-8H2,1-6H3. The predicted octanol–water partition coefficient (Wildman–Crippen LogP) is 3.06. The van der Waals surface area contributed by atoms with Gasteiger partial charge in [0, 0.05) is 24.8 Å². The summed E-state index contributed by atoms with van der Waals surface area (Å²) in [5.74, 6) is 0.169. The highest BCUT2D eigenvalue weighted by molar-refractivity contribution is 6.02. The van der Waals surface area contributed by atoms with E-state index in [9.17, 15) is 4.79 Å². The van der Waals surface area contributed by atoms with Crippen LogP contribution < -0.4 is 4.90 Å². The molecule has 0 saturated heterocycles. The van der Waals surface area contributed by atoms with E-state index in [0.29, 0.717) is 0 Å². The molecule has 0 bridgehead atoms. The summed E-state index contributed by atoms with van der Waals surface area (Å²) in [4.78, 5) is 16.8. The van der Waals surface area contributed by atoms with Gasteiger partial charge in [-0.05, 0) is 58.6 Å². The zero-order valence-electron chi connectivity index (χ0n) is 13.0. The summed E-state index contributed by atoms with van der Waals surface area (Å²) in [6.07, 6.45) is 0. The van der Waals surface area contributed by atoms with Gasteiger partial charge in [0.05, 0.1) is 5.54 Å². The summed E-state index contributed by atoms with van der Waals surface area (Å²) in [6, 6.07) is 7.88. The lowest BCUT2D eigenvalue weighted by Gasteiger charge is -2.33. The maximum absolute atomic E-state index is 12.6. The van der Waals surface area contributed by atoms with Crippen LogP contribution in [0.3, 0.4) is 0 Å². The molecule has 1 aromatic rings. The summed E-state index contributed by atoms with van der Waals surface area (Å²) in [5, 5.41) is 0. The Bertz CT molecular complexity index is 423. The number of carbonyl (C=O) groups is 1. The van der Waals surface area contributed by atoms with Gasteiger partial charge in [-0.2, -0.15) is 0 Å². The monoisotopic (exact) mass is 262 g/mol. The average Bonchev–Trinajstić information content (AvgIpc) is 2.44. The third-order valence-electron chi connectivity index (χ3n) is 4.03. The molecular weight excluding hydrogens is 236 g/mol. The van der Waals surface area contributed by atoms with E-state index in [0.717, 1.165) is 24.3 Å². The number of ketones is 1. The maximum atomic E-state index is 12.6. The molecule has 1 rings (SSSR count). The van der Waals surface area contributed by atoms with Crippen molar-refractivity contribution in [3.8, 4) is 0 Å². The Morgan fingerprint density at radius 3 is 2.00 bits per heavy atom. The van der Waals surface area contributed by atoms with Crippen molar-refractivity contribution in [2.24, 2.45) is 0 Å². The zero-order chi connectivity index (χ0) is 14.6. The van der Waals surface area contributed by atoms with Crippen LogP contribution in [0.25, 0.3) is 0 Å². The molecule has 3 nitrogen and oxygen atoms in total. The third-order valence-corrected chi connectivity index (χ3v) is 4.03. The second-order valence-corrected chi connectivity index (χ2v) is 5.46. The van der Waals surface area contributed by atoms with E-state index in [1.807, 2.05) is 52.2 Å². The van der Waals surface area contributed by atoms with Crippen molar-refractivity contribution in [1.29, 1.82) is 0 Å². The molecule has 0 heterocycles. The van der Waals surface area contributed by atoms with Crippen LogP contribution in [0.4, 0.5) is 5.69 Å². The molecule has 0 aliphatic heterocycles. The molecule has 0 aliphatic carbocycles. The smallest absolute Gasteiger partial charge is 0.182 e. The summed E-state index contributed by atoms with van der Waals surface area (Å²) >= 11 is 0. The van der Waals surface area contributed by atoms with E-state index >= 15 is 0 Å². The number of Topliss-reactive ketones (excluding diaryl/α,β-unsaturated/α-hetero) is 1. The van der Waals surface area contributed by atoms with Gasteiger partial charge in [0.2, 0.25) is 0 Å². The van der Waals surface area contributed by atoms with Crippen LogP contribution in [0.2, 0.25) is 0 Å². The van der Waals surface area contributed by atoms with Crippen molar-refractivity contribution in [2.75, 3.05) is 32.1 Å². The lowest BCUT2D eigenvalue weighted by molar-refractivity contribution is 0.0718. The van der Waals surface area contributed by atoms with Crippen molar-refractivity contribution in [3.05, 3.63) is 29.8 Å². The minimum atomic E-state index is -0.465. The third kappa shape index (κ3) is 3.35. The molecule has 0 atom stereocenters. The number of benzene rings is 1. The first-order valence-corrected chi connectivity index (χ1v) is 6.91. The first-order valence-electron chi connectivity index (χ1n) is 6.91. The molecule has 0 unspecified atom stereocenters. The largest absolute Gasteiger partial charge is 0.375 e. The molecule has 0 N–H and O–H groups in total. The Morgan fingerprint density at radius 1 is 1.05 bits per heavy atom. The van der Waals surface area contributed by atoms with Crippen molar-refractivity contribution in [3.63, 3.8) is 0 Å².